The van der Waals surface area contributed by atoms with E-state index < -0.39 is 12.0 Å². The molecule has 2 amide bonds. The van der Waals surface area contributed by atoms with E-state index in [9.17, 15) is 9.59 Å². The third-order valence-corrected chi connectivity index (χ3v) is 2.67. The van der Waals surface area contributed by atoms with E-state index in [1.54, 1.807) is 6.92 Å². The van der Waals surface area contributed by atoms with Gasteiger partial charge in [0.25, 0.3) is 0 Å². The minimum atomic E-state index is -0.893. The van der Waals surface area contributed by atoms with Crippen LogP contribution < -0.4 is 0 Å². The van der Waals surface area contributed by atoms with Crippen LogP contribution in [-0.2, 0) is 9.63 Å². The Labute approximate surface area is 109 Å². The summed E-state index contributed by atoms with van der Waals surface area (Å²) in [6, 6.07) is 1.98. The van der Waals surface area contributed by atoms with Crippen LogP contribution in [-0.4, -0.2) is 40.6 Å². The van der Waals surface area contributed by atoms with E-state index in [0.29, 0.717) is 17.2 Å². The average molecular weight is 278 g/mol. The summed E-state index contributed by atoms with van der Waals surface area (Å²) in [6.45, 7) is 1.64. The first-order valence-corrected chi connectivity index (χ1v) is 6.12. The van der Waals surface area contributed by atoms with Crippen LogP contribution >= 0.6 is 23.4 Å². The molecule has 0 aliphatic heterocycles. The Kier molecular flexibility index (Phi) is 8.19. The van der Waals surface area contributed by atoms with Crippen LogP contribution in [0.5, 0.6) is 0 Å². The lowest BCUT2D eigenvalue weighted by atomic mass is 10.6. The van der Waals surface area contributed by atoms with Crippen molar-refractivity contribution in [2.45, 2.75) is 13.3 Å². The van der Waals surface area contributed by atoms with Crippen molar-refractivity contribution in [1.29, 1.82) is 5.26 Å². The summed E-state index contributed by atoms with van der Waals surface area (Å²) in [4.78, 5) is 27.5. The minimum absolute atomic E-state index is 0.300. The molecule has 0 bridgehead atoms. The van der Waals surface area contributed by atoms with E-state index in [-0.39, 0.29) is 5.88 Å². The lowest BCUT2D eigenvalue weighted by Gasteiger charge is -2.10. The standard InChI is InChI=1S/C9H12ClN3O3S/c1-7(17-5-3-4-11)12-16-9(15)13(2)8(14)6-10/h3,5-6H2,1-2H3/b12-7+. The van der Waals surface area contributed by atoms with Crippen molar-refractivity contribution in [3.8, 4) is 6.07 Å². The van der Waals surface area contributed by atoms with Gasteiger partial charge in [0.1, 0.15) is 10.9 Å². The molecule has 0 atom stereocenters. The predicted molar refractivity (Wildman–Crippen MR) is 65.8 cm³/mol. The molecule has 0 aromatic heterocycles. The molecule has 0 aromatic carbocycles. The Balaban J connectivity index is 4.09. The van der Waals surface area contributed by atoms with Crippen LogP contribution in [0.2, 0.25) is 0 Å². The Bertz CT molecular complexity index is 354. The zero-order chi connectivity index (χ0) is 13.3. The number of nitrogens with zero attached hydrogens (tertiary/aromatic N) is 3. The maximum Gasteiger partial charge on any atom is 0.442 e. The lowest BCUT2D eigenvalue weighted by Crippen LogP contribution is -2.33. The molecule has 0 rings (SSSR count). The Morgan fingerprint density at radius 2 is 2.24 bits per heavy atom. The molecule has 0 fully saturated rings. The van der Waals surface area contributed by atoms with Gasteiger partial charge in [0.15, 0.2) is 0 Å². The van der Waals surface area contributed by atoms with Gasteiger partial charge in [0.05, 0.1) is 6.07 Å². The van der Waals surface area contributed by atoms with E-state index in [2.05, 4.69) is 9.99 Å². The van der Waals surface area contributed by atoms with Crippen LogP contribution in [0.15, 0.2) is 5.16 Å². The number of alkyl halides is 1. The average Bonchev–Trinajstić information content (AvgIpc) is 2.34. The first-order valence-electron chi connectivity index (χ1n) is 4.60. The number of hydrogen-bond acceptors (Lipinski definition) is 6. The van der Waals surface area contributed by atoms with Gasteiger partial charge in [-0.3, -0.25) is 9.63 Å². The Morgan fingerprint density at radius 1 is 1.59 bits per heavy atom. The number of thioether (sulfide) groups is 1. The van der Waals surface area contributed by atoms with E-state index in [1.807, 2.05) is 6.07 Å². The molecule has 0 saturated carbocycles. The largest absolute Gasteiger partial charge is 0.442 e. The van der Waals surface area contributed by atoms with Gasteiger partial charge in [0, 0.05) is 19.2 Å². The lowest BCUT2D eigenvalue weighted by molar-refractivity contribution is -0.125. The highest BCUT2D eigenvalue weighted by atomic mass is 35.5. The summed E-state index contributed by atoms with van der Waals surface area (Å²) in [5.74, 6) is -0.299. The van der Waals surface area contributed by atoms with Gasteiger partial charge in [-0.15, -0.1) is 23.4 Å². The van der Waals surface area contributed by atoms with Crippen LogP contribution in [0.3, 0.4) is 0 Å². The highest BCUT2D eigenvalue weighted by Crippen LogP contribution is 2.06. The zero-order valence-electron chi connectivity index (χ0n) is 9.47. The number of halogens is 1. The Hall–Kier alpha value is -1.26. The summed E-state index contributed by atoms with van der Waals surface area (Å²) >= 11 is 6.56. The SMILES string of the molecule is C/C(=N\OC(=O)N(C)C(=O)CCl)SCCC#N. The highest BCUT2D eigenvalue weighted by Gasteiger charge is 2.17. The second kappa shape index (κ2) is 8.84. The molecule has 0 unspecified atom stereocenters. The second-order valence-corrected chi connectivity index (χ2v) is 4.37. The predicted octanol–water partition coefficient (Wildman–Crippen LogP) is 1.80. The van der Waals surface area contributed by atoms with Crippen molar-refractivity contribution < 1.29 is 14.4 Å². The maximum atomic E-state index is 11.2. The number of imide groups is 1. The zero-order valence-corrected chi connectivity index (χ0v) is 11.0. The van der Waals surface area contributed by atoms with Gasteiger partial charge in [-0.05, 0) is 6.92 Å². The number of hydrogen-bond donors (Lipinski definition) is 0. The molecule has 0 aliphatic carbocycles. The molecule has 0 saturated heterocycles. The molecule has 17 heavy (non-hydrogen) atoms. The molecule has 6 nitrogen and oxygen atoms in total. The van der Waals surface area contributed by atoms with Gasteiger partial charge in [-0.1, -0.05) is 5.16 Å². The molecule has 94 valence electrons. The van der Waals surface area contributed by atoms with Crippen molar-refractivity contribution in [1.82, 2.24) is 4.90 Å². The number of nitriles is 1. The van der Waals surface area contributed by atoms with Crippen LogP contribution in [0.1, 0.15) is 13.3 Å². The molecule has 0 spiro atoms. The van der Waals surface area contributed by atoms with Gasteiger partial charge in [-0.25, -0.2) is 9.69 Å². The van der Waals surface area contributed by atoms with Gasteiger partial charge >= 0.3 is 6.09 Å². The van der Waals surface area contributed by atoms with E-state index >= 15 is 0 Å². The van der Waals surface area contributed by atoms with E-state index in [1.165, 1.54) is 18.8 Å². The third-order valence-electron chi connectivity index (χ3n) is 1.54. The van der Waals surface area contributed by atoms with Crippen LogP contribution in [0.4, 0.5) is 4.79 Å². The molecule has 0 N–H and O–H groups in total. The number of amides is 2. The molecule has 0 heterocycles. The molecule has 0 aromatic rings. The highest BCUT2D eigenvalue weighted by molar-refractivity contribution is 8.13. The van der Waals surface area contributed by atoms with Crippen molar-refractivity contribution in [2.75, 3.05) is 18.7 Å². The molecule has 8 heteroatoms. The number of carbonyl (C=O) groups excluding carboxylic acids is 2. The summed E-state index contributed by atoms with van der Waals surface area (Å²) in [5, 5.41) is 12.3. The maximum absolute atomic E-state index is 11.2. The van der Waals surface area contributed by atoms with E-state index in [0.717, 1.165) is 4.90 Å². The van der Waals surface area contributed by atoms with Gasteiger partial charge in [0.2, 0.25) is 5.91 Å². The minimum Gasteiger partial charge on any atom is -0.297 e. The summed E-state index contributed by atoms with van der Waals surface area (Å²) in [6.07, 6.45) is -0.508. The first-order chi connectivity index (χ1) is 8.02. The fourth-order valence-electron chi connectivity index (χ4n) is 0.627. The second-order valence-electron chi connectivity index (χ2n) is 2.81. The number of carbonyl (C=O) groups is 2. The van der Waals surface area contributed by atoms with Crippen molar-refractivity contribution in [2.24, 2.45) is 5.16 Å². The quantitative estimate of drug-likeness (QED) is 0.195. The number of oxime groups is 1. The summed E-state index contributed by atoms with van der Waals surface area (Å²) in [7, 11) is 1.25. The smallest absolute Gasteiger partial charge is 0.297 e. The van der Waals surface area contributed by atoms with E-state index in [4.69, 9.17) is 16.9 Å². The fourth-order valence-corrected chi connectivity index (χ4v) is 1.38. The van der Waals surface area contributed by atoms with Crippen molar-refractivity contribution in [3.05, 3.63) is 0 Å². The van der Waals surface area contributed by atoms with Gasteiger partial charge in [-0.2, -0.15) is 5.26 Å². The normalized spacial score (nSPS) is 10.6. The van der Waals surface area contributed by atoms with Gasteiger partial charge < -0.3 is 0 Å². The van der Waals surface area contributed by atoms with Crippen LogP contribution in [0, 0.1) is 11.3 Å². The Morgan fingerprint density at radius 3 is 2.76 bits per heavy atom. The number of rotatable bonds is 4. The van der Waals surface area contributed by atoms with Crippen molar-refractivity contribution >= 4 is 40.4 Å². The molecule has 0 aliphatic rings. The molecular weight excluding hydrogens is 266 g/mol. The molecular formula is C9H12ClN3O3S. The summed E-state index contributed by atoms with van der Waals surface area (Å²) < 4.78 is 0. The monoisotopic (exact) mass is 277 g/mol. The van der Waals surface area contributed by atoms with Crippen LogP contribution in [0.25, 0.3) is 0 Å². The third kappa shape index (κ3) is 6.81. The summed E-state index contributed by atoms with van der Waals surface area (Å²) in [5.41, 5.74) is 0. The molecule has 0 radical (unpaired) electrons. The van der Waals surface area contributed by atoms with Crippen molar-refractivity contribution in [3.63, 3.8) is 0 Å². The first kappa shape index (κ1) is 15.7. The fraction of sp³-hybridized carbons (Fsp3) is 0.556. The topological polar surface area (TPSA) is 82.8 Å².